The van der Waals surface area contributed by atoms with Crippen molar-refractivity contribution >= 4 is 23.6 Å². The van der Waals surface area contributed by atoms with Crippen molar-refractivity contribution in [3.05, 3.63) is 71.8 Å². The number of amides is 1. The van der Waals surface area contributed by atoms with Gasteiger partial charge in [-0.05, 0) is 24.1 Å². The lowest BCUT2D eigenvalue weighted by atomic mass is 10.0. The van der Waals surface area contributed by atoms with Crippen LogP contribution in [0, 0.1) is 5.92 Å². The Morgan fingerprint density at radius 3 is 2.46 bits per heavy atom. The van der Waals surface area contributed by atoms with Gasteiger partial charge in [0.2, 0.25) is 5.91 Å². The Hall–Kier alpha value is -2.88. The Labute approximate surface area is 142 Å². The van der Waals surface area contributed by atoms with Crippen LogP contribution in [0.4, 0.5) is 5.69 Å². The Bertz CT molecular complexity index is 723. The number of hydrogen-bond acceptors (Lipinski definition) is 3. The average molecular weight is 323 g/mol. The fraction of sp³-hybridized carbons (Fsp3) is 0.200. The lowest BCUT2D eigenvalue weighted by molar-refractivity contribution is -0.119. The van der Waals surface area contributed by atoms with Gasteiger partial charge in [0, 0.05) is 5.92 Å². The topological polar surface area (TPSA) is 55.4 Å². The highest BCUT2D eigenvalue weighted by Gasteiger charge is 2.16. The predicted octanol–water partition coefficient (Wildman–Crippen LogP) is 4.15. The predicted molar refractivity (Wildman–Crippen MR) is 95.7 cm³/mol. The number of para-hydroxylation sites is 1. The van der Waals surface area contributed by atoms with E-state index >= 15 is 0 Å². The molecular formula is C20H21NO3. The van der Waals surface area contributed by atoms with Crippen molar-refractivity contribution < 1.29 is 14.3 Å². The minimum absolute atomic E-state index is 0.135. The van der Waals surface area contributed by atoms with E-state index in [-0.39, 0.29) is 11.8 Å². The van der Waals surface area contributed by atoms with Gasteiger partial charge in [-0.25, -0.2) is 4.79 Å². The molecule has 1 unspecified atom stereocenters. The molecule has 1 atom stereocenters. The Morgan fingerprint density at radius 2 is 1.75 bits per heavy atom. The van der Waals surface area contributed by atoms with Gasteiger partial charge in [0.05, 0.1) is 18.4 Å². The number of rotatable bonds is 6. The van der Waals surface area contributed by atoms with Gasteiger partial charge in [-0.3, -0.25) is 4.79 Å². The largest absolute Gasteiger partial charge is 0.465 e. The molecule has 0 bridgehead atoms. The second-order valence-corrected chi connectivity index (χ2v) is 5.48. The highest BCUT2D eigenvalue weighted by Crippen LogP contribution is 2.18. The summed E-state index contributed by atoms with van der Waals surface area (Å²) in [6.45, 7) is 1.85. The molecule has 0 fully saturated rings. The molecule has 4 nitrogen and oxygen atoms in total. The van der Waals surface area contributed by atoms with Crippen molar-refractivity contribution in [1.29, 1.82) is 0 Å². The number of ether oxygens (including phenoxy) is 1. The monoisotopic (exact) mass is 323 g/mol. The van der Waals surface area contributed by atoms with E-state index in [4.69, 9.17) is 4.74 Å². The van der Waals surface area contributed by atoms with Gasteiger partial charge in [0.1, 0.15) is 0 Å². The first-order chi connectivity index (χ1) is 11.6. The maximum atomic E-state index is 12.3. The Morgan fingerprint density at radius 1 is 1.08 bits per heavy atom. The summed E-state index contributed by atoms with van der Waals surface area (Å²) in [4.78, 5) is 24.1. The first kappa shape index (κ1) is 17.5. The minimum atomic E-state index is -0.470. The lowest BCUT2D eigenvalue weighted by Crippen LogP contribution is -2.21. The number of methoxy groups -OCH3 is 1. The number of esters is 1. The summed E-state index contributed by atoms with van der Waals surface area (Å²) < 4.78 is 4.73. The van der Waals surface area contributed by atoms with E-state index in [9.17, 15) is 9.59 Å². The van der Waals surface area contributed by atoms with Gasteiger partial charge in [-0.1, -0.05) is 61.5 Å². The van der Waals surface area contributed by atoms with Crippen LogP contribution in [-0.2, 0) is 9.53 Å². The molecule has 0 aliphatic heterocycles. The molecule has 0 saturated carbocycles. The molecule has 2 rings (SSSR count). The first-order valence-electron chi connectivity index (χ1n) is 7.81. The minimum Gasteiger partial charge on any atom is -0.465 e. The molecule has 0 radical (unpaired) electrons. The van der Waals surface area contributed by atoms with Gasteiger partial charge in [0.25, 0.3) is 0 Å². The van der Waals surface area contributed by atoms with Crippen molar-refractivity contribution in [2.45, 2.75) is 13.3 Å². The van der Waals surface area contributed by atoms with Crippen molar-refractivity contribution in [3.63, 3.8) is 0 Å². The molecule has 1 N–H and O–H groups in total. The molecule has 124 valence electrons. The molecule has 0 aliphatic carbocycles. The summed E-state index contributed by atoms with van der Waals surface area (Å²) in [7, 11) is 1.32. The SMILES string of the molecule is COC(=O)c1ccccc1NC(=O)C(C)C/C=C/c1ccccc1. The zero-order chi connectivity index (χ0) is 17.4. The van der Waals surface area contributed by atoms with Crippen LogP contribution < -0.4 is 5.32 Å². The zero-order valence-electron chi connectivity index (χ0n) is 13.9. The summed E-state index contributed by atoms with van der Waals surface area (Å²) in [5, 5.41) is 2.80. The molecule has 0 aromatic heterocycles. The number of nitrogens with one attached hydrogen (secondary N) is 1. The van der Waals surface area contributed by atoms with Crippen LogP contribution in [0.25, 0.3) is 6.08 Å². The normalized spacial score (nSPS) is 11.9. The maximum Gasteiger partial charge on any atom is 0.339 e. The number of carbonyl (C=O) groups is 2. The smallest absolute Gasteiger partial charge is 0.339 e. The van der Waals surface area contributed by atoms with Crippen molar-refractivity contribution in [3.8, 4) is 0 Å². The Balaban J connectivity index is 1.97. The summed E-state index contributed by atoms with van der Waals surface area (Å²) >= 11 is 0. The van der Waals surface area contributed by atoms with E-state index in [0.29, 0.717) is 17.7 Å². The molecule has 0 spiro atoms. The van der Waals surface area contributed by atoms with Crippen LogP contribution in [0.5, 0.6) is 0 Å². The van der Waals surface area contributed by atoms with E-state index in [1.165, 1.54) is 7.11 Å². The van der Waals surface area contributed by atoms with Gasteiger partial charge in [0.15, 0.2) is 0 Å². The van der Waals surface area contributed by atoms with Gasteiger partial charge < -0.3 is 10.1 Å². The van der Waals surface area contributed by atoms with Gasteiger partial charge in [-0.15, -0.1) is 0 Å². The molecule has 24 heavy (non-hydrogen) atoms. The molecule has 0 saturated heterocycles. The van der Waals surface area contributed by atoms with Gasteiger partial charge >= 0.3 is 5.97 Å². The molecular weight excluding hydrogens is 302 g/mol. The molecule has 0 heterocycles. The molecule has 2 aromatic rings. The van der Waals surface area contributed by atoms with E-state index in [1.807, 2.05) is 49.4 Å². The number of allylic oxidation sites excluding steroid dienone is 1. The third-order valence-corrected chi connectivity index (χ3v) is 3.64. The van der Waals surface area contributed by atoms with Crippen molar-refractivity contribution in [2.24, 2.45) is 5.92 Å². The summed E-state index contributed by atoms with van der Waals surface area (Å²) in [5.74, 6) is -0.817. The van der Waals surface area contributed by atoms with Crippen LogP contribution in [0.2, 0.25) is 0 Å². The zero-order valence-corrected chi connectivity index (χ0v) is 13.9. The van der Waals surface area contributed by atoms with E-state index in [1.54, 1.807) is 24.3 Å². The Kier molecular flexibility index (Phi) is 6.32. The molecule has 0 aliphatic rings. The molecule has 4 heteroatoms. The average Bonchev–Trinajstić information content (AvgIpc) is 2.62. The van der Waals surface area contributed by atoms with Crippen LogP contribution in [0.3, 0.4) is 0 Å². The quantitative estimate of drug-likeness (QED) is 0.812. The highest BCUT2D eigenvalue weighted by atomic mass is 16.5. The van der Waals surface area contributed by atoms with E-state index < -0.39 is 5.97 Å². The maximum absolute atomic E-state index is 12.3. The standard InChI is InChI=1S/C20H21NO3/c1-15(9-8-12-16-10-4-3-5-11-16)19(22)21-18-14-7-6-13-17(18)20(23)24-2/h3-8,10-15H,9H2,1-2H3,(H,21,22)/b12-8+. The number of benzene rings is 2. The fourth-order valence-corrected chi connectivity index (χ4v) is 2.22. The van der Waals surface area contributed by atoms with E-state index in [0.717, 1.165) is 5.56 Å². The number of carbonyl (C=O) groups excluding carboxylic acids is 2. The summed E-state index contributed by atoms with van der Waals surface area (Å²) in [5.41, 5.74) is 1.91. The summed E-state index contributed by atoms with van der Waals surface area (Å²) in [6.07, 6.45) is 4.58. The third kappa shape index (κ3) is 4.81. The summed E-state index contributed by atoms with van der Waals surface area (Å²) in [6, 6.07) is 16.7. The highest BCUT2D eigenvalue weighted by molar-refractivity contribution is 6.01. The van der Waals surface area contributed by atoms with E-state index in [2.05, 4.69) is 5.32 Å². The first-order valence-corrected chi connectivity index (χ1v) is 7.81. The van der Waals surface area contributed by atoms with Gasteiger partial charge in [-0.2, -0.15) is 0 Å². The fourth-order valence-electron chi connectivity index (χ4n) is 2.22. The second kappa shape index (κ2) is 8.67. The molecule has 1 amide bonds. The van der Waals surface area contributed by atoms with Crippen molar-refractivity contribution in [2.75, 3.05) is 12.4 Å². The molecule has 2 aromatic carbocycles. The third-order valence-electron chi connectivity index (χ3n) is 3.64. The number of hydrogen-bond donors (Lipinski definition) is 1. The van der Waals surface area contributed by atoms with Crippen LogP contribution in [0.1, 0.15) is 29.3 Å². The second-order valence-electron chi connectivity index (χ2n) is 5.48. The number of anilines is 1. The van der Waals surface area contributed by atoms with Crippen LogP contribution in [-0.4, -0.2) is 19.0 Å². The van der Waals surface area contributed by atoms with Crippen molar-refractivity contribution in [1.82, 2.24) is 0 Å². The van der Waals surface area contributed by atoms with Crippen LogP contribution in [0.15, 0.2) is 60.7 Å². The van der Waals surface area contributed by atoms with Crippen LogP contribution >= 0.6 is 0 Å². The lowest BCUT2D eigenvalue weighted by Gasteiger charge is -2.13.